The predicted molar refractivity (Wildman–Crippen MR) is 112 cm³/mol. The van der Waals surface area contributed by atoms with E-state index in [1.165, 1.54) is 12.1 Å². The molecule has 0 aliphatic carbocycles. The summed E-state index contributed by atoms with van der Waals surface area (Å²) >= 11 is 0. The summed E-state index contributed by atoms with van der Waals surface area (Å²) in [6.45, 7) is 0. The van der Waals surface area contributed by atoms with Gasteiger partial charge in [0.25, 0.3) is 5.69 Å². The Hall–Kier alpha value is -4.26. The minimum absolute atomic E-state index is 0.0525. The van der Waals surface area contributed by atoms with Crippen LogP contribution in [0.2, 0.25) is 0 Å². The SMILES string of the molecule is O=[N+]([O-])c1ccc(/C=N/n2c3ccccc3n3cc(-c4ccccc4)nc23)cc1. The van der Waals surface area contributed by atoms with E-state index in [0.717, 1.165) is 27.9 Å². The summed E-state index contributed by atoms with van der Waals surface area (Å²) < 4.78 is 3.80. The largest absolute Gasteiger partial charge is 0.282 e. The Morgan fingerprint density at radius 2 is 1.59 bits per heavy atom. The first kappa shape index (κ1) is 16.9. The highest BCUT2D eigenvalue weighted by atomic mass is 16.6. The number of nitro groups is 1. The van der Waals surface area contributed by atoms with Gasteiger partial charge in [-0.05, 0) is 29.8 Å². The van der Waals surface area contributed by atoms with Crippen LogP contribution in [0.15, 0.2) is 90.2 Å². The molecular formula is C22H15N5O2. The average Bonchev–Trinajstić information content (AvgIpc) is 3.31. The van der Waals surface area contributed by atoms with Crippen molar-refractivity contribution in [3.05, 3.63) is 101 Å². The molecule has 0 aliphatic heterocycles. The highest BCUT2D eigenvalue weighted by Crippen LogP contribution is 2.25. The second-order valence-corrected chi connectivity index (χ2v) is 6.56. The van der Waals surface area contributed by atoms with Crippen molar-refractivity contribution in [3.63, 3.8) is 0 Å². The molecule has 5 rings (SSSR count). The fourth-order valence-corrected chi connectivity index (χ4v) is 3.32. The van der Waals surface area contributed by atoms with Crippen LogP contribution < -0.4 is 0 Å². The molecule has 7 heteroatoms. The van der Waals surface area contributed by atoms with E-state index in [9.17, 15) is 10.1 Å². The van der Waals surface area contributed by atoms with Crippen LogP contribution in [0.4, 0.5) is 5.69 Å². The average molecular weight is 381 g/mol. The minimum Gasteiger partial charge on any atom is -0.282 e. The number of hydrogen-bond donors (Lipinski definition) is 0. The van der Waals surface area contributed by atoms with Crippen LogP contribution >= 0.6 is 0 Å². The maximum atomic E-state index is 10.8. The summed E-state index contributed by atoms with van der Waals surface area (Å²) in [7, 11) is 0. The second kappa shape index (κ2) is 6.72. The lowest BCUT2D eigenvalue weighted by Gasteiger charge is -1.98. The number of rotatable bonds is 4. The van der Waals surface area contributed by atoms with E-state index in [-0.39, 0.29) is 5.69 Å². The van der Waals surface area contributed by atoms with Gasteiger partial charge < -0.3 is 0 Å². The first-order valence-corrected chi connectivity index (χ1v) is 9.03. The van der Waals surface area contributed by atoms with E-state index in [2.05, 4.69) is 5.10 Å². The van der Waals surface area contributed by atoms with E-state index in [0.29, 0.717) is 5.78 Å². The van der Waals surface area contributed by atoms with Gasteiger partial charge in [-0.3, -0.25) is 14.5 Å². The van der Waals surface area contributed by atoms with Crippen molar-refractivity contribution in [2.45, 2.75) is 0 Å². The van der Waals surface area contributed by atoms with E-state index in [4.69, 9.17) is 4.98 Å². The van der Waals surface area contributed by atoms with Crippen LogP contribution in [-0.4, -0.2) is 25.2 Å². The molecule has 0 amide bonds. The zero-order valence-corrected chi connectivity index (χ0v) is 15.2. The number of hydrogen-bond acceptors (Lipinski definition) is 4. The Balaban J connectivity index is 1.63. The Labute approximate surface area is 165 Å². The lowest BCUT2D eigenvalue weighted by molar-refractivity contribution is -0.384. The van der Waals surface area contributed by atoms with Gasteiger partial charge >= 0.3 is 0 Å². The molecule has 0 radical (unpaired) electrons. The maximum absolute atomic E-state index is 10.8. The zero-order valence-electron chi connectivity index (χ0n) is 15.2. The third-order valence-electron chi connectivity index (χ3n) is 4.74. The van der Waals surface area contributed by atoms with Gasteiger partial charge in [0.1, 0.15) is 0 Å². The summed E-state index contributed by atoms with van der Waals surface area (Å²) in [5, 5.41) is 15.4. The van der Waals surface area contributed by atoms with Crippen LogP contribution in [0.1, 0.15) is 5.56 Å². The molecule has 0 aliphatic rings. The van der Waals surface area contributed by atoms with E-state index in [1.807, 2.05) is 65.2 Å². The minimum atomic E-state index is -0.417. The molecular weight excluding hydrogens is 366 g/mol. The summed E-state index contributed by atoms with van der Waals surface area (Å²) in [5.41, 5.74) is 4.64. The number of benzene rings is 3. The second-order valence-electron chi connectivity index (χ2n) is 6.56. The van der Waals surface area contributed by atoms with E-state index >= 15 is 0 Å². The van der Waals surface area contributed by atoms with Crippen LogP contribution in [0.3, 0.4) is 0 Å². The fraction of sp³-hybridized carbons (Fsp3) is 0. The monoisotopic (exact) mass is 381 g/mol. The summed E-state index contributed by atoms with van der Waals surface area (Å²) in [5.74, 6) is 0.697. The number of aromatic nitrogens is 3. The summed E-state index contributed by atoms with van der Waals surface area (Å²) in [4.78, 5) is 15.2. The topological polar surface area (TPSA) is 77.7 Å². The third-order valence-corrected chi connectivity index (χ3v) is 4.74. The molecule has 2 aromatic heterocycles. The number of nitro benzene ring substituents is 1. The first-order chi connectivity index (χ1) is 14.2. The van der Waals surface area contributed by atoms with Gasteiger partial charge in [0, 0.05) is 23.9 Å². The number of para-hydroxylation sites is 2. The molecule has 0 saturated carbocycles. The quantitative estimate of drug-likeness (QED) is 0.256. The molecule has 29 heavy (non-hydrogen) atoms. The standard InChI is InChI=1S/C22H15N5O2/c28-27(29)18-12-10-16(11-13-18)14-23-26-21-9-5-4-8-20(21)25-15-19(24-22(25)26)17-6-2-1-3-7-17/h1-15H/b23-14+. The van der Waals surface area contributed by atoms with Crippen LogP contribution in [0, 0.1) is 10.1 Å². The molecule has 2 heterocycles. The summed E-state index contributed by atoms with van der Waals surface area (Å²) in [6, 6.07) is 24.2. The first-order valence-electron chi connectivity index (χ1n) is 9.03. The Kier molecular flexibility index (Phi) is 3.91. The van der Waals surface area contributed by atoms with Gasteiger partial charge in [0.2, 0.25) is 5.78 Å². The number of nitrogens with zero attached hydrogens (tertiary/aromatic N) is 5. The van der Waals surface area contributed by atoms with E-state index < -0.39 is 4.92 Å². The van der Waals surface area contributed by atoms with Crippen molar-refractivity contribution in [3.8, 4) is 11.3 Å². The number of fused-ring (bicyclic) bond motifs is 3. The lowest BCUT2D eigenvalue weighted by atomic mass is 10.2. The molecule has 3 aromatic carbocycles. The Morgan fingerprint density at radius 3 is 2.31 bits per heavy atom. The van der Waals surface area contributed by atoms with Crippen molar-refractivity contribution in [2.24, 2.45) is 5.10 Å². The molecule has 7 nitrogen and oxygen atoms in total. The normalized spacial score (nSPS) is 11.6. The predicted octanol–water partition coefficient (Wildman–Crippen LogP) is 4.75. The molecule has 0 saturated heterocycles. The van der Waals surface area contributed by atoms with Crippen molar-refractivity contribution in [1.82, 2.24) is 14.1 Å². The molecule has 0 bridgehead atoms. The van der Waals surface area contributed by atoms with E-state index in [1.54, 1.807) is 23.0 Å². The van der Waals surface area contributed by atoms with Crippen molar-refractivity contribution in [1.29, 1.82) is 0 Å². The molecule has 0 unspecified atom stereocenters. The van der Waals surface area contributed by atoms with Gasteiger partial charge in [-0.25, -0.2) is 4.98 Å². The van der Waals surface area contributed by atoms with Gasteiger partial charge in [0.15, 0.2) is 0 Å². The molecule has 5 aromatic rings. The fourth-order valence-electron chi connectivity index (χ4n) is 3.32. The van der Waals surface area contributed by atoms with Gasteiger partial charge in [-0.2, -0.15) is 9.78 Å². The highest BCUT2D eigenvalue weighted by Gasteiger charge is 2.14. The molecule has 140 valence electrons. The highest BCUT2D eigenvalue weighted by molar-refractivity contribution is 5.85. The Morgan fingerprint density at radius 1 is 0.897 bits per heavy atom. The maximum Gasteiger partial charge on any atom is 0.269 e. The van der Waals surface area contributed by atoms with Crippen LogP contribution in [0.5, 0.6) is 0 Å². The number of non-ortho nitro benzene ring substituents is 1. The third kappa shape index (κ3) is 2.94. The molecule has 0 fully saturated rings. The van der Waals surface area contributed by atoms with Gasteiger partial charge in [-0.15, -0.1) is 0 Å². The van der Waals surface area contributed by atoms with Crippen molar-refractivity contribution >= 4 is 28.7 Å². The summed E-state index contributed by atoms with van der Waals surface area (Å²) in [6.07, 6.45) is 3.68. The molecule has 0 atom stereocenters. The van der Waals surface area contributed by atoms with Crippen molar-refractivity contribution in [2.75, 3.05) is 0 Å². The molecule has 0 spiro atoms. The number of imidazole rings is 2. The van der Waals surface area contributed by atoms with Crippen molar-refractivity contribution < 1.29 is 4.92 Å². The lowest BCUT2D eigenvalue weighted by Crippen LogP contribution is -1.93. The van der Waals surface area contributed by atoms with Crippen LogP contribution in [0.25, 0.3) is 28.1 Å². The zero-order chi connectivity index (χ0) is 19.8. The van der Waals surface area contributed by atoms with Gasteiger partial charge in [-0.1, -0.05) is 42.5 Å². The van der Waals surface area contributed by atoms with Gasteiger partial charge in [0.05, 0.1) is 27.9 Å². The smallest absolute Gasteiger partial charge is 0.269 e. The van der Waals surface area contributed by atoms with Crippen LogP contribution in [-0.2, 0) is 0 Å². The Bertz CT molecular complexity index is 1370. The molecule has 0 N–H and O–H groups in total.